The molecule has 2 aromatic rings. The summed E-state index contributed by atoms with van der Waals surface area (Å²) in [5, 5.41) is 11.2. The molecular formula is C12H8ClNO5P. The van der Waals surface area contributed by atoms with E-state index in [1.54, 1.807) is 24.3 Å². The maximum atomic E-state index is 10.8. The highest BCUT2D eigenvalue weighted by molar-refractivity contribution is 7.32. The van der Waals surface area contributed by atoms with Crippen LogP contribution >= 0.6 is 19.9 Å². The van der Waals surface area contributed by atoms with Gasteiger partial charge in [0.15, 0.2) is 0 Å². The van der Waals surface area contributed by atoms with Gasteiger partial charge in [-0.15, -0.1) is 0 Å². The third kappa shape index (κ3) is 3.11. The smallest absolute Gasteiger partial charge is 0.397 e. The lowest BCUT2D eigenvalue weighted by atomic mass is 10.0. The van der Waals surface area contributed by atoms with Gasteiger partial charge in [-0.25, -0.2) is 4.57 Å². The van der Waals surface area contributed by atoms with Crippen LogP contribution in [0.4, 0.5) is 5.69 Å². The van der Waals surface area contributed by atoms with Crippen molar-refractivity contribution in [2.75, 3.05) is 0 Å². The molecule has 2 aromatic carbocycles. The number of benzene rings is 2. The predicted octanol–water partition coefficient (Wildman–Crippen LogP) is 3.94. The Balaban J connectivity index is 2.63. The molecule has 0 aliphatic rings. The highest BCUT2D eigenvalue weighted by atomic mass is 35.5. The molecule has 1 radical (unpaired) electrons. The highest BCUT2D eigenvalue weighted by Crippen LogP contribution is 2.39. The van der Waals surface area contributed by atoms with Crippen LogP contribution in [0.25, 0.3) is 11.1 Å². The molecule has 1 unspecified atom stereocenters. The summed E-state index contributed by atoms with van der Waals surface area (Å²) in [6, 6.07) is 10.3. The monoisotopic (exact) mass is 312 g/mol. The van der Waals surface area contributed by atoms with E-state index in [0.29, 0.717) is 10.6 Å². The van der Waals surface area contributed by atoms with Crippen LogP contribution in [0.5, 0.6) is 5.75 Å². The van der Waals surface area contributed by atoms with Crippen molar-refractivity contribution in [2.45, 2.75) is 0 Å². The minimum atomic E-state index is -2.88. The molecule has 0 aromatic heterocycles. The van der Waals surface area contributed by atoms with Crippen molar-refractivity contribution in [1.82, 2.24) is 0 Å². The van der Waals surface area contributed by atoms with Crippen molar-refractivity contribution in [1.29, 1.82) is 0 Å². The normalized spacial score (nSPS) is 11.0. The van der Waals surface area contributed by atoms with Gasteiger partial charge in [-0.05, 0) is 12.1 Å². The summed E-state index contributed by atoms with van der Waals surface area (Å²) in [7, 11) is -2.88. The van der Waals surface area contributed by atoms with Crippen molar-refractivity contribution in [3.05, 3.63) is 57.6 Å². The summed E-state index contributed by atoms with van der Waals surface area (Å²) in [6.07, 6.45) is 0. The Morgan fingerprint density at radius 3 is 2.50 bits per heavy atom. The minimum absolute atomic E-state index is 0.0484. The average molecular weight is 313 g/mol. The zero-order chi connectivity index (χ0) is 14.7. The number of hydrogen-bond acceptors (Lipinski definition) is 4. The average Bonchev–Trinajstić information content (AvgIpc) is 2.39. The van der Waals surface area contributed by atoms with Crippen LogP contribution in [0.2, 0.25) is 5.02 Å². The zero-order valence-electron chi connectivity index (χ0n) is 9.89. The van der Waals surface area contributed by atoms with Crippen molar-refractivity contribution >= 4 is 25.5 Å². The number of halogens is 1. The first-order valence-electron chi connectivity index (χ1n) is 5.36. The number of nitro benzene ring substituents is 1. The van der Waals surface area contributed by atoms with Crippen molar-refractivity contribution in [3.8, 4) is 16.9 Å². The molecule has 0 aliphatic carbocycles. The van der Waals surface area contributed by atoms with E-state index in [9.17, 15) is 14.7 Å². The molecule has 1 N–H and O–H groups in total. The summed E-state index contributed by atoms with van der Waals surface area (Å²) < 4.78 is 15.6. The van der Waals surface area contributed by atoms with E-state index in [-0.39, 0.29) is 17.0 Å². The van der Waals surface area contributed by atoms with Crippen molar-refractivity contribution in [2.24, 2.45) is 0 Å². The summed E-state index contributed by atoms with van der Waals surface area (Å²) >= 11 is 6.04. The fraction of sp³-hybridized carbons (Fsp3) is 0. The topological polar surface area (TPSA) is 89.7 Å². The second-order valence-electron chi connectivity index (χ2n) is 3.75. The number of rotatable bonds is 4. The molecule has 0 saturated carbocycles. The Bertz CT molecular complexity index is 691. The van der Waals surface area contributed by atoms with E-state index in [1.165, 1.54) is 18.2 Å². The van der Waals surface area contributed by atoms with E-state index in [0.717, 1.165) is 0 Å². The zero-order valence-corrected chi connectivity index (χ0v) is 11.5. The highest BCUT2D eigenvalue weighted by Gasteiger charge is 2.16. The van der Waals surface area contributed by atoms with E-state index >= 15 is 0 Å². The van der Waals surface area contributed by atoms with Crippen molar-refractivity contribution < 1.29 is 18.9 Å². The van der Waals surface area contributed by atoms with Crippen LogP contribution in [-0.4, -0.2) is 9.82 Å². The molecule has 0 aliphatic heterocycles. The van der Waals surface area contributed by atoms with Gasteiger partial charge in [0.05, 0.1) is 4.92 Å². The van der Waals surface area contributed by atoms with Gasteiger partial charge in [0, 0.05) is 28.3 Å². The maximum absolute atomic E-state index is 10.8. The van der Waals surface area contributed by atoms with Gasteiger partial charge in [0.1, 0.15) is 5.75 Å². The van der Waals surface area contributed by atoms with E-state index in [1.807, 2.05) is 0 Å². The van der Waals surface area contributed by atoms with Crippen LogP contribution in [-0.2, 0) is 4.57 Å². The number of hydrogen-bond donors (Lipinski definition) is 1. The summed E-state index contributed by atoms with van der Waals surface area (Å²) in [5.41, 5.74) is 0.590. The Morgan fingerprint density at radius 2 is 1.90 bits per heavy atom. The van der Waals surface area contributed by atoms with E-state index < -0.39 is 13.2 Å². The molecule has 20 heavy (non-hydrogen) atoms. The van der Waals surface area contributed by atoms with Crippen molar-refractivity contribution in [3.63, 3.8) is 0 Å². The van der Waals surface area contributed by atoms with Gasteiger partial charge < -0.3 is 4.52 Å². The van der Waals surface area contributed by atoms with Gasteiger partial charge in [-0.2, -0.15) is 0 Å². The molecule has 103 valence electrons. The third-order valence-corrected chi connectivity index (χ3v) is 3.20. The lowest BCUT2D eigenvalue weighted by molar-refractivity contribution is -0.384. The summed E-state index contributed by atoms with van der Waals surface area (Å²) in [5.74, 6) is 0.0484. The van der Waals surface area contributed by atoms with E-state index in [4.69, 9.17) is 21.0 Å². The molecule has 2 rings (SSSR count). The molecule has 6 nitrogen and oxygen atoms in total. The maximum Gasteiger partial charge on any atom is 0.426 e. The quantitative estimate of drug-likeness (QED) is 0.524. The molecular weight excluding hydrogens is 305 g/mol. The Morgan fingerprint density at radius 1 is 1.20 bits per heavy atom. The molecule has 8 heteroatoms. The van der Waals surface area contributed by atoms with Crippen LogP contribution in [0.3, 0.4) is 0 Å². The lowest BCUT2D eigenvalue weighted by Crippen LogP contribution is -1.92. The first-order chi connectivity index (χ1) is 9.49. The first-order valence-corrected chi connectivity index (χ1v) is 6.87. The predicted molar refractivity (Wildman–Crippen MR) is 74.0 cm³/mol. The Hall–Kier alpha value is -2.01. The van der Waals surface area contributed by atoms with Crippen LogP contribution in [0.15, 0.2) is 42.5 Å². The first kappa shape index (κ1) is 14.4. The van der Waals surface area contributed by atoms with E-state index in [2.05, 4.69) is 0 Å². The largest absolute Gasteiger partial charge is 0.426 e. The second kappa shape index (κ2) is 5.96. The Labute approximate surface area is 119 Å². The molecule has 0 spiro atoms. The third-order valence-electron chi connectivity index (χ3n) is 2.51. The van der Waals surface area contributed by atoms with Gasteiger partial charge >= 0.3 is 8.25 Å². The van der Waals surface area contributed by atoms with Crippen LogP contribution in [0, 0.1) is 10.1 Å². The molecule has 0 fully saturated rings. The fourth-order valence-electron chi connectivity index (χ4n) is 1.69. The van der Waals surface area contributed by atoms with Gasteiger partial charge in [0.2, 0.25) is 0 Å². The lowest BCUT2D eigenvalue weighted by Gasteiger charge is -2.09. The molecule has 0 saturated heterocycles. The SMILES string of the molecule is O=[N+]([O-])c1ccc(O[P](=O)O)c(-c2ccccc2Cl)c1. The summed E-state index contributed by atoms with van der Waals surface area (Å²) in [4.78, 5) is 19.1. The van der Waals surface area contributed by atoms with Gasteiger partial charge in [0.25, 0.3) is 5.69 Å². The molecule has 0 amide bonds. The molecule has 0 bridgehead atoms. The molecule has 0 heterocycles. The van der Waals surface area contributed by atoms with Gasteiger partial charge in [-0.3, -0.25) is 15.0 Å². The molecule has 1 atom stereocenters. The van der Waals surface area contributed by atoms with Gasteiger partial charge in [-0.1, -0.05) is 29.8 Å². The second-order valence-corrected chi connectivity index (χ2v) is 4.81. The number of nitrogens with zero attached hydrogens (tertiary/aromatic N) is 1. The Kier molecular flexibility index (Phi) is 4.29. The number of nitro groups is 1. The van der Waals surface area contributed by atoms with Crippen LogP contribution < -0.4 is 4.52 Å². The fourth-order valence-corrected chi connectivity index (χ4v) is 2.25. The standard InChI is InChI=1S/C12H8ClNO5P/c13-11-4-2-1-3-9(11)10-7-8(14(15)16)5-6-12(10)19-20(17)18/h1-7H,(H,17,18). The number of non-ortho nitro benzene ring substituents is 1. The minimum Gasteiger partial charge on any atom is -0.397 e. The summed E-state index contributed by atoms with van der Waals surface area (Å²) in [6.45, 7) is 0. The van der Waals surface area contributed by atoms with Crippen LogP contribution in [0.1, 0.15) is 0 Å².